The summed E-state index contributed by atoms with van der Waals surface area (Å²) in [6, 6.07) is 7.52. The number of halogens is 2. The fourth-order valence-corrected chi connectivity index (χ4v) is 1.58. The molecule has 6 heteroatoms. The number of hydrogen-bond donors (Lipinski definition) is 2. The lowest BCUT2D eigenvalue weighted by atomic mass is 10.1. The van der Waals surface area contributed by atoms with Gasteiger partial charge in [-0.2, -0.15) is 0 Å². The molecule has 1 rings (SSSR count). The third-order valence-electron chi connectivity index (χ3n) is 2.46. The molecular formula is C12H16F2N2O2. The molecule has 0 radical (unpaired) electrons. The van der Waals surface area contributed by atoms with Crippen LogP contribution in [0.2, 0.25) is 0 Å². The van der Waals surface area contributed by atoms with Crippen LogP contribution in [0.15, 0.2) is 30.3 Å². The van der Waals surface area contributed by atoms with Crippen LogP contribution in [0.1, 0.15) is 11.6 Å². The molecule has 0 heterocycles. The Hall–Kier alpha value is -1.53. The summed E-state index contributed by atoms with van der Waals surface area (Å²) in [5.41, 5.74) is 6.28. The Bertz CT molecular complexity index is 374. The van der Waals surface area contributed by atoms with Crippen molar-refractivity contribution in [1.82, 2.24) is 4.90 Å². The number of amides is 1. The molecule has 1 amide bonds. The van der Waals surface area contributed by atoms with Gasteiger partial charge in [0.2, 0.25) is 5.91 Å². The number of carbonyl (C=O) groups is 1. The first-order valence-electron chi connectivity index (χ1n) is 5.54. The molecule has 3 N–H and O–H groups in total. The smallest absolute Gasteiger partial charge is 0.255 e. The van der Waals surface area contributed by atoms with Gasteiger partial charge in [0.1, 0.15) is 6.04 Å². The van der Waals surface area contributed by atoms with Crippen molar-refractivity contribution >= 4 is 5.91 Å². The highest BCUT2D eigenvalue weighted by molar-refractivity contribution is 5.83. The Morgan fingerprint density at radius 1 is 1.33 bits per heavy atom. The minimum Gasteiger partial charge on any atom is -0.395 e. The third-order valence-corrected chi connectivity index (χ3v) is 2.46. The van der Waals surface area contributed by atoms with Gasteiger partial charge in [0.25, 0.3) is 6.43 Å². The van der Waals surface area contributed by atoms with Crippen LogP contribution in [0, 0.1) is 0 Å². The van der Waals surface area contributed by atoms with Crippen LogP contribution in [-0.2, 0) is 4.79 Å². The normalized spacial score (nSPS) is 12.5. The largest absolute Gasteiger partial charge is 0.395 e. The zero-order chi connectivity index (χ0) is 13.5. The van der Waals surface area contributed by atoms with Crippen LogP contribution in [0.5, 0.6) is 0 Å². The molecule has 18 heavy (non-hydrogen) atoms. The van der Waals surface area contributed by atoms with E-state index in [4.69, 9.17) is 10.8 Å². The van der Waals surface area contributed by atoms with Gasteiger partial charge in [-0.05, 0) is 5.56 Å². The lowest BCUT2D eigenvalue weighted by Crippen LogP contribution is -2.42. The van der Waals surface area contributed by atoms with Crippen molar-refractivity contribution in [3.63, 3.8) is 0 Å². The summed E-state index contributed by atoms with van der Waals surface area (Å²) in [7, 11) is 0. The summed E-state index contributed by atoms with van der Waals surface area (Å²) in [5, 5.41) is 8.77. The Kier molecular flexibility index (Phi) is 5.67. The fraction of sp³-hybridized carbons (Fsp3) is 0.417. The summed E-state index contributed by atoms with van der Waals surface area (Å²) in [6.07, 6.45) is -2.65. The lowest BCUT2D eigenvalue weighted by molar-refractivity contribution is -0.135. The standard InChI is InChI=1S/C12H16F2N2O2/c13-10(14)8-16(6-7-17)12(18)11(15)9-4-2-1-3-5-9/h1-5,10-11,17H,6-8,15H2/t11-/m0/s1. The summed E-state index contributed by atoms with van der Waals surface area (Å²) >= 11 is 0. The number of aliphatic hydroxyl groups excluding tert-OH is 1. The van der Waals surface area contributed by atoms with E-state index in [1.54, 1.807) is 30.3 Å². The quantitative estimate of drug-likeness (QED) is 0.792. The Balaban J connectivity index is 2.76. The van der Waals surface area contributed by atoms with E-state index < -0.39 is 24.9 Å². The number of aliphatic hydroxyl groups is 1. The molecule has 1 atom stereocenters. The number of nitrogens with zero attached hydrogens (tertiary/aromatic N) is 1. The van der Waals surface area contributed by atoms with E-state index in [0.29, 0.717) is 5.56 Å². The number of hydrogen-bond acceptors (Lipinski definition) is 3. The predicted octanol–water partition coefficient (Wildman–Crippen LogP) is 0.772. The van der Waals surface area contributed by atoms with Gasteiger partial charge in [-0.3, -0.25) is 4.79 Å². The first-order chi connectivity index (χ1) is 8.56. The minimum atomic E-state index is -2.65. The van der Waals surface area contributed by atoms with E-state index in [2.05, 4.69) is 0 Å². The molecule has 0 aliphatic heterocycles. The second kappa shape index (κ2) is 7.03. The molecule has 0 saturated heterocycles. The van der Waals surface area contributed by atoms with Crippen LogP contribution in [-0.4, -0.2) is 42.0 Å². The van der Waals surface area contributed by atoms with Crippen molar-refractivity contribution in [2.45, 2.75) is 12.5 Å². The number of alkyl halides is 2. The molecule has 0 aliphatic rings. The maximum atomic E-state index is 12.3. The van der Waals surface area contributed by atoms with Gasteiger partial charge in [-0.15, -0.1) is 0 Å². The van der Waals surface area contributed by atoms with Gasteiger partial charge < -0.3 is 15.7 Å². The van der Waals surface area contributed by atoms with E-state index in [1.165, 1.54) is 0 Å². The van der Waals surface area contributed by atoms with Gasteiger partial charge in [-0.1, -0.05) is 30.3 Å². The monoisotopic (exact) mass is 258 g/mol. The molecule has 4 nitrogen and oxygen atoms in total. The van der Waals surface area contributed by atoms with Gasteiger partial charge in [0, 0.05) is 6.54 Å². The molecule has 1 aromatic carbocycles. The molecule has 0 saturated carbocycles. The first-order valence-corrected chi connectivity index (χ1v) is 5.54. The maximum Gasteiger partial charge on any atom is 0.255 e. The summed E-state index contributed by atoms with van der Waals surface area (Å²) in [6.45, 7) is -1.25. The highest BCUT2D eigenvalue weighted by atomic mass is 19.3. The molecular weight excluding hydrogens is 242 g/mol. The molecule has 0 spiro atoms. The van der Waals surface area contributed by atoms with Crippen molar-refractivity contribution in [2.24, 2.45) is 5.73 Å². The number of benzene rings is 1. The van der Waals surface area contributed by atoms with E-state index in [0.717, 1.165) is 4.90 Å². The molecule has 0 aliphatic carbocycles. The van der Waals surface area contributed by atoms with Gasteiger partial charge in [-0.25, -0.2) is 8.78 Å². The second-order valence-electron chi connectivity index (χ2n) is 3.79. The zero-order valence-corrected chi connectivity index (χ0v) is 9.80. The second-order valence-corrected chi connectivity index (χ2v) is 3.79. The van der Waals surface area contributed by atoms with Crippen molar-refractivity contribution in [3.05, 3.63) is 35.9 Å². The van der Waals surface area contributed by atoms with Crippen LogP contribution in [0.3, 0.4) is 0 Å². The topological polar surface area (TPSA) is 66.6 Å². The van der Waals surface area contributed by atoms with E-state index in [1.807, 2.05) is 0 Å². The predicted molar refractivity (Wildman–Crippen MR) is 63.0 cm³/mol. The van der Waals surface area contributed by atoms with Crippen LogP contribution < -0.4 is 5.73 Å². The SMILES string of the molecule is N[C@H](C(=O)N(CCO)CC(F)F)c1ccccc1. The van der Waals surface area contributed by atoms with Crippen LogP contribution in [0.25, 0.3) is 0 Å². The Morgan fingerprint density at radius 2 is 1.94 bits per heavy atom. The number of carbonyl (C=O) groups excluding carboxylic acids is 1. The Morgan fingerprint density at radius 3 is 2.44 bits per heavy atom. The van der Waals surface area contributed by atoms with Crippen molar-refractivity contribution < 1.29 is 18.7 Å². The average molecular weight is 258 g/mol. The summed E-state index contributed by atoms with van der Waals surface area (Å²) in [4.78, 5) is 12.8. The molecule has 0 fully saturated rings. The zero-order valence-electron chi connectivity index (χ0n) is 9.80. The average Bonchev–Trinajstić information content (AvgIpc) is 2.37. The molecule has 1 aromatic rings. The molecule has 0 aromatic heterocycles. The van der Waals surface area contributed by atoms with E-state index in [-0.39, 0.29) is 13.2 Å². The highest BCUT2D eigenvalue weighted by Gasteiger charge is 2.24. The van der Waals surface area contributed by atoms with Crippen molar-refractivity contribution in [1.29, 1.82) is 0 Å². The van der Waals surface area contributed by atoms with E-state index in [9.17, 15) is 13.6 Å². The van der Waals surface area contributed by atoms with Crippen molar-refractivity contribution in [2.75, 3.05) is 19.7 Å². The summed E-state index contributed by atoms with van der Waals surface area (Å²) in [5.74, 6) is -0.615. The minimum absolute atomic E-state index is 0.149. The van der Waals surface area contributed by atoms with Gasteiger partial charge in [0.15, 0.2) is 0 Å². The molecule has 100 valence electrons. The highest BCUT2D eigenvalue weighted by Crippen LogP contribution is 2.13. The van der Waals surface area contributed by atoms with E-state index >= 15 is 0 Å². The van der Waals surface area contributed by atoms with Crippen molar-refractivity contribution in [3.8, 4) is 0 Å². The van der Waals surface area contributed by atoms with Crippen LogP contribution in [0.4, 0.5) is 8.78 Å². The maximum absolute atomic E-state index is 12.3. The van der Waals surface area contributed by atoms with Gasteiger partial charge in [0.05, 0.1) is 13.2 Å². The number of rotatable bonds is 6. The molecule has 0 unspecified atom stereocenters. The van der Waals surface area contributed by atoms with Crippen LogP contribution >= 0.6 is 0 Å². The molecule has 0 bridgehead atoms. The lowest BCUT2D eigenvalue weighted by Gasteiger charge is -2.24. The third kappa shape index (κ3) is 4.05. The fourth-order valence-electron chi connectivity index (χ4n) is 1.58. The first kappa shape index (κ1) is 14.5. The number of nitrogens with two attached hydrogens (primary N) is 1. The van der Waals surface area contributed by atoms with Gasteiger partial charge >= 0.3 is 0 Å². The Labute approximate surface area is 104 Å². The summed E-state index contributed by atoms with van der Waals surface area (Å²) < 4.78 is 24.6.